The SMILES string of the molecule is CCc1onc(C)c1C(=O)NC[C@@H]1CCO[C@H]1c1ccc(F)cc1. The van der Waals surface area contributed by atoms with Crippen molar-refractivity contribution in [2.24, 2.45) is 5.92 Å². The number of carbonyl (C=O) groups is 1. The number of benzene rings is 1. The maximum atomic E-state index is 13.1. The Hall–Kier alpha value is -2.21. The van der Waals surface area contributed by atoms with E-state index in [-0.39, 0.29) is 23.7 Å². The molecule has 2 atom stereocenters. The first-order valence-electron chi connectivity index (χ1n) is 8.20. The highest BCUT2D eigenvalue weighted by atomic mass is 19.1. The topological polar surface area (TPSA) is 64.4 Å². The monoisotopic (exact) mass is 332 g/mol. The van der Waals surface area contributed by atoms with Crippen molar-refractivity contribution in [3.05, 3.63) is 52.7 Å². The number of ether oxygens (including phenoxy) is 1. The number of hydrogen-bond acceptors (Lipinski definition) is 4. The van der Waals surface area contributed by atoms with Crippen LogP contribution in [0.5, 0.6) is 0 Å². The Morgan fingerprint density at radius 1 is 1.38 bits per heavy atom. The molecular weight excluding hydrogens is 311 g/mol. The molecule has 6 heteroatoms. The Kier molecular flexibility index (Phi) is 4.94. The van der Waals surface area contributed by atoms with Crippen LogP contribution in [0.2, 0.25) is 0 Å². The number of halogens is 1. The van der Waals surface area contributed by atoms with Crippen molar-refractivity contribution >= 4 is 5.91 Å². The van der Waals surface area contributed by atoms with Gasteiger partial charge in [-0.2, -0.15) is 0 Å². The van der Waals surface area contributed by atoms with Crippen LogP contribution in [0.25, 0.3) is 0 Å². The van der Waals surface area contributed by atoms with Crippen LogP contribution in [0, 0.1) is 18.7 Å². The van der Waals surface area contributed by atoms with Crippen LogP contribution in [0.3, 0.4) is 0 Å². The number of aryl methyl sites for hydroxylation is 2. The number of rotatable bonds is 5. The molecule has 3 rings (SSSR count). The Morgan fingerprint density at radius 3 is 2.83 bits per heavy atom. The minimum Gasteiger partial charge on any atom is -0.373 e. The van der Waals surface area contributed by atoms with Gasteiger partial charge < -0.3 is 14.6 Å². The predicted molar refractivity (Wildman–Crippen MR) is 86.2 cm³/mol. The quantitative estimate of drug-likeness (QED) is 0.913. The molecule has 0 spiro atoms. The second kappa shape index (κ2) is 7.13. The van der Waals surface area contributed by atoms with E-state index >= 15 is 0 Å². The maximum Gasteiger partial charge on any atom is 0.256 e. The first-order valence-corrected chi connectivity index (χ1v) is 8.20. The van der Waals surface area contributed by atoms with Crippen LogP contribution in [0.4, 0.5) is 4.39 Å². The zero-order chi connectivity index (χ0) is 17.1. The van der Waals surface area contributed by atoms with Crippen molar-refractivity contribution in [2.45, 2.75) is 32.8 Å². The summed E-state index contributed by atoms with van der Waals surface area (Å²) in [5.41, 5.74) is 2.06. The van der Waals surface area contributed by atoms with Crippen molar-refractivity contribution in [2.75, 3.05) is 13.2 Å². The molecule has 1 aliphatic heterocycles. The molecule has 2 aromatic rings. The van der Waals surface area contributed by atoms with Gasteiger partial charge in [0.1, 0.15) is 17.1 Å². The van der Waals surface area contributed by atoms with Gasteiger partial charge in [-0.3, -0.25) is 4.79 Å². The van der Waals surface area contributed by atoms with Gasteiger partial charge in [-0.05, 0) is 31.0 Å². The van der Waals surface area contributed by atoms with Gasteiger partial charge in [0, 0.05) is 25.5 Å². The number of hydrogen-bond donors (Lipinski definition) is 1. The lowest BCUT2D eigenvalue weighted by molar-refractivity contribution is 0.0845. The third kappa shape index (κ3) is 3.33. The highest BCUT2D eigenvalue weighted by Crippen LogP contribution is 2.34. The van der Waals surface area contributed by atoms with Crippen LogP contribution in [-0.2, 0) is 11.2 Å². The molecule has 0 bridgehead atoms. The summed E-state index contributed by atoms with van der Waals surface area (Å²) in [5.74, 6) is 0.319. The van der Waals surface area contributed by atoms with E-state index in [4.69, 9.17) is 9.26 Å². The molecule has 1 fully saturated rings. The fourth-order valence-corrected chi connectivity index (χ4v) is 3.12. The van der Waals surface area contributed by atoms with E-state index < -0.39 is 0 Å². The smallest absolute Gasteiger partial charge is 0.256 e. The predicted octanol–water partition coefficient (Wildman–Crippen LogP) is 3.19. The van der Waals surface area contributed by atoms with Crippen LogP contribution in [0.15, 0.2) is 28.8 Å². The standard InChI is InChI=1S/C18H21FN2O3/c1-3-15-16(11(2)21-24-15)18(22)20-10-13-8-9-23-17(13)12-4-6-14(19)7-5-12/h4-7,13,17H,3,8-10H2,1-2H3,(H,20,22)/t13-,17-/m0/s1. The molecule has 128 valence electrons. The second-order valence-electron chi connectivity index (χ2n) is 6.02. The Bertz CT molecular complexity index is 712. The average Bonchev–Trinajstić information content (AvgIpc) is 3.19. The number of aromatic nitrogens is 1. The molecule has 0 unspecified atom stereocenters. The van der Waals surface area contributed by atoms with Crippen molar-refractivity contribution < 1.29 is 18.4 Å². The molecule has 1 aromatic carbocycles. The molecule has 1 amide bonds. The van der Waals surface area contributed by atoms with Gasteiger partial charge in [0.05, 0.1) is 11.8 Å². The molecule has 1 N–H and O–H groups in total. The number of amides is 1. The van der Waals surface area contributed by atoms with E-state index in [1.165, 1.54) is 12.1 Å². The van der Waals surface area contributed by atoms with Crippen LogP contribution < -0.4 is 5.32 Å². The Labute approximate surface area is 140 Å². The molecule has 24 heavy (non-hydrogen) atoms. The van der Waals surface area contributed by atoms with Crippen molar-refractivity contribution in [1.29, 1.82) is 0 Å². The molecular formula is C18H21FN2O3. The summed E-state index contributed by atoms with van der Waals surface area (Å²) in [7, 11) is 0. The lowest BCUT2D eigenvalue weighted by Gasteiger charge is -2.19. The average molecular weight is 332 g/mol. The summed E-state index contributed by atoms with van der Waals surface area (Å²) in [6.45, 7) is 4.81. The molecule has 0 aliphatic carbocycles. The summed E-state index contributed by atoms with van der Waals surface area (Å²) in [6.07, 6.45) is 1.35. The van der Waals surface area contributed by atoms with E-state index in [1.54, 1.807) is 19.1 Å². The van der Waals surface area contributed by atoms with Gasteiger partial charge in [0.2, 0.25) is 0 Å². The zero-order valence-corrected chi connectivity index (χ0v) is 13.8. The Balaban J connectivity index is 1.66. The normalized spacial score (nSPS) is 20.3. The first-order chi connectivity index (χ1) is 11.6. The van der Waals surface area contributed by atoms with E-state index in [2.05, 4.69) is 10.5 Å². The molecule has 1 aliphatic rings. The summed E-state index contributed by atoms with van der Waals surface area (Å²) in [6, 6.07) is 6.33. The minimum absolute atomic E-state index is 0.125. The van der Waals surface area contributed by atoms with Gasteiger partial charge in [-0.1, -0.05) is 24.2 Å². The van der Waals surface area contributed by atoms with Gasteiger partial charge in [-0.25, -0.2) is 4.39 Å². The van der Waals surface area contributed by atoms with E-state index in [1.807, 2.05) is 6.92 Å². The van der Waals surface area contributed by atoms with E-state index in [0.717, 1.165) is 12.0 Å². The molecule has 1 saturated heterocycles. The summed E-state index contributed by atoms with van der Waals surface area (Å²) in [5, 5.41) is 6.82. The summed E-state index contributed by atoms with van der Waals surface area (Å²) < 4.78 is 24.0. The largest absolute Gasteiger partial charge is 0.373 e. The highest BCUT2D eigenvalue weighted by molar-refractivity contribution is 5.96. The summed E-state index contributed by atoms with van der Waals surface area (Å²) in [4.78, 5) is 12.4. The van der Waals surface area contributed by atoms with E-state index in [0.29, 0.717) is 36.6 Å². The minimum atomic E-state index is -0.267. The molecule has 5 nitrogen and oxygen atoms in total. The number of nitrogens with zero attached hydrogens (tertiary/aromatic N) is 1. The van der Waals surface area contributed by atoms with Gasteiger partial charge in [0.15, 0.2) is 0 Å². The van der Waals surface area contributed by atoms with E-state index in [9.17, 15) is 9.18 Å². The zero-order valence-electron chi connectivity index (χ0n) is 13.8. The van der Waals surface area contributed by atoms with Crippen LogP contribution in [-0.4, -0.2) is 24.2 Å². The molecule has 0 saturated carbocycles. The first kappa shape index (κ1) is 16.6. The molecule has 0 radical (unpaired) electrons. The lowest BCUT2D eigenvalue weighted by Crippen LogP contribution is -2.31. The fraction of sp³-hybridized carbons (Fsp3) is 0.444. The number of carbonyl (C=O) groups excluding carboxylic acids is 1. The lowest BCUT2D eigenvalue weighted by atomic mass is 9.95. The van der Waals surface area contributed by atoms with Gasteiger partial charge in [0.25, 0.3) is 5.91 Å². The maximum absolute atomic E-state index is 13.1. The summed E-state index contributed by atoms with van der Waals surface area (Å²) >= 11 is 0. The number of nitrogens with one attached hydrogen (secondary N) is 1. The molecule has 1 aromatic heterocycles. The van der Waals surface area contributed by atoms with Crippen molar-refractivity contribution in [3.63, 3.8) is 0 Å². The van der Waals surface area contributed by atoms with Crippen molar-refractivity contribution in [3.8, 4) is 0 Å². The second-order valence-corrected chi connectivity index (χ2v) is 6.02. The highest BCUT2D eigenvalue weighted by Gasteiger charge is 2.30. The van der Waals surface area contributed by atoms with Crippen LogP contribution >= 0.6 is 0 Å². The van der Waals surface area contributed by atoms with Crippen LogP contribution in [0.1, 0.15) is 46.8 Å². The fourth-order valence-electron chi connectivity index (χ4n) is 3.12. The third-order valence-corrected chi connectivity index (χ3v) is 4.42. The Morgan fingerprint density at radius 2 is 2.12 bits per heavy atom. The third-order valence-electron chi connectivity index (χ3n) is 4.42. The van der Waals surface area contributed by atoms with Gasteiger partial charge in [-0.15, -0.1) is 0 Å². The van der Waals surface area contributed by atoms with Gasteiger partial charge >= 0.3 is 0 Å². The van der Waals surface area contributed by atoms with Crippen molar-refractivity contribution in [1.82, 2.24) is 10.5 Å². The molecule has 2 heterocycles.